The first-order valence-electron chi connectivity index (χ1n) is 10.1. The molecule has 0 saturated carbocycles. The number of amides is 1. The molecule has 0 unspecified atom stereocenters. The van der Waals surface area contributed by atoms with E-state index in [1.807, 2.05) is 26.0 Å². The minimum absolute atomic E-state index is 0.0137. The van der Waals surface area contributed by atoms with Crippen molar-refractivity contribution in [2.24, 2.45) is 5.92 Å². The van der Waals surface area contributed by atoms with Crippen molar-refractivity contribution in [1.82, 2.24) is 20.2 Å². The highest BCUT2D eigenvalue weighted by atomic mass is 16.5. The zero-order chi connectivity index (χ0) is 19.7. The van der Waals surface area contributed by atoms with Crippen LogP contribution in [0.3, 0.4) is 0 Å². The molecule has 1 aromatic heterocycles. The Kier molecular flexibility index (Phi) is 5.31. The first-order chi connectivity index (χ1) is 13.5. The Labute approximate surface area is 166 Å². The highest BCUT2D eigenvalue weighted by molar-refractivity contribution is 5.79. The van der Waals surface area contributed by atoms with Crippen molar-refractivity contribution in [3.05, 3.63) is 41.3 Å². The van der Waals surface area contributed by atoms with Gasteiger partial charge in [-0.3, -0.25) is 9.78 Å². The molecule has 3 heterocycles. The summed E-state index contributed by atoms with van der Waals surface area (Å²) in [5.41, 5.74) is 4.97. The number of ether oxygens (including phenoxy) is 1. The van der Waals surface area contributed by atoms with Crippen LogP contribution < -0.4 is 10.1 Å². The van der Waals surface area contributed by atoms with Gasteiger partial charge in [0, 0.05) is 24.7 Å². The van der Waals surface area contributed by atoms with Crippen molar-refractivity contribution >= 4 is 5.91 Å². The molecule has 4 rings (SSSR count). The van der Waals surface area contributed by atoms with Gasteiger partial charge >= 0.3 is 0 Å². The molecule has 0 radical (unpaired) electrons. The zero-order valence-electron chi connectivity index (χ0n) is 16.9. The smallest absolute Gasteiger partial charge is 0.224 e. The van der Waals surface area contributed by atoms with Crippen LogP contribution in [0.15, 0.2) is 24.4 Å². The zero-order valence-corrected chi connectivity index (χ0v) is 16.9. The van der Waals surface area contributed by atoms with Crippen LogP contribution in [0.5, 0.6) is 5.75 Å². The lowest BCUT2D eigenvalue weighted by molar-refractivity contribution is -0.126. The quantitative estimate of drug-likeness (QED) is 0.883. The first-order valence-corrected chi connectivity index (χ1v) is 10.1. The predicted octanol–water partition coefficient (Wildman–Crippen LogP) is 2.52. The van der Waals surface area contributed by atoms with Gasteiger partial charge in [0.2, 0.25) is 5.91 Å². The Balaban J connectivity index is 1.39. The van der Waals surface area contributed by atoms with Crippen molar-refractivity contribution in [2.75, 3.05) is 26.7 Å². The number of hydrogen-bond donors (Lipinski definition) is 1. The molecule has 2 aliphatic rings. The monoisotopic (exact) mass is 380 g/mol. The van der Waals surface area contributed by atoms with Crippen molar-refractivity contribution in [2.45, 2.75) is 39.2 Å². The number of carbonyl (C=O) groups excluding carboxylic acids is 1. The van der Waals surface area contributed by atoms with Gasteiger partial charge in [0.25, 0.3) is 0 Å². The largest absolute Gasteiger partial charge is 0.488 e. The second-order valence-electron chi connectivity index (χ2n) is 8.06. The van der Waals surface area contributed by atoms with Gasteiger partial charge in [0.1, 0.15) is 11.9 Å². The molecule has 0 aliphatic carbocycles. The van der Waals surface area contributed by atoms with Crippen molar-refractivity contribution < 1.29 is 9.53 Å². The molecule has 2 aromatic rings. The molecule has 6 nitrogen and oxygen atoms in total. The first kappa shape index (κ1) is 18.9. The van der Waals surface area contributed by atoms with Crippen LogP contribution in [0.1, 0.15) is 29.8 Å². The van der Waals surface area contributed by atoms with Gasteiger partial charge < -0.3 is 15.0 Å². The van der Waals surface area contributed by atoms with Crippen LogP contribution in [0.25, 0.3) is 11.3 Å². The molecule has 2 atom stereocenters. The van der Waals surface area contributed by atoms with Crippen LogP contribution in [0.4, 0.5) is 0 Å². The summed E-state index contributed by atoms with van der Waals surface area (Å²) in [5, 5.41) is 3.10. The number of hydrogen-bond acceptors (Lipinski definition) is 5. The van der Waals surface area contributed by atoms with Crippen LogP contribution >= 0.6 is 0 Å². The van der Waals surface area contributed by atoms with E-state index < -0.39 is 0 Å². The highest BCUT2D eigenvalue weighted by Crippen LogP contribution is 2.33. The van der Waals surface area contributed by atoms with Crippen molar-refractivity contribution in [1.29, 1.82) is 0 Å². The molecule has 0 bridgehead atoms. The molecule has 6 heteroatoms. The number of benzene rings is 1. The summed E-state index contributed by atoms with van der Waals surface area (Å²) in [7, 11) is 2.08. The maximum absolute atomic E-state index is 12.5. The van der Waals surface area contributed by atoms with E-state index in [-0.39, 0.29) is 17.9 Å². The third-order valence-corrected chi connectivity index (χ3v) is 5.65. The van der Waals surface area contributed by atoms with Gasteiger partial charge in [-0.25, -0.2) is 4.98 Å². The summed E-state index contributed by atoms with van der Waals surface area (Å²) >= 11 is 0. The lowest BCUT2D eigenvalue weighted by atomic mass is 9.97. The summed E-state index contributed by atoms with van der Waals surface area (Å²) in [6.07, 6.45) is 4.64. The maximum Gasteiger partial charge on any atom is 0.224 e. The Morgan fingerprint density at radius 2 is 2.21 bits per heavy atom. The lowest BCUT2D eigenvalue weighted by Gasteiger charge is -2.29. The minimum atomic E-state index is -0.0137. The van der Waals surface area contributed by atoms with Crippen LogP contribution in [-0.2, 0) is 11.2 Å². The van der Waals surface area contributed by atoms with E-state index >= 15 is 0 Å². The number of nitrogens with one attached hydrogen (secondary N) is 1. The second-order valence-corrected chi connectivity index (χ2v) is 8.06. The van der Waals surface area contributed by atoms with E-state index in [9.17, 15) is 4.79 Å². The average molecular weight is 380 g/mol. The van der Waals surface area contributed by atoms with E-state index in [0.29, 0.717) is 6.54 Å². The highest BCUT2D eigenvalue weighted by Gasteiger charge is 2.27. The Morgan fingerprint density at radius 3 is 3.04 bits per heavy atom. The molecule has 1 N–H and O–H groups in total. The van der Waals surface area contributed by atoms with Crippen molar-refractivity contribution in [3.63, 3.8) is 0 Å². The fourth-order valence-corrected chi connectivity index (χ4v) is 4.13. The average Bonchev–Trinajstić information content (AvgIpc) is 3.10. The van der Waals surface area contributed by atoms with E-state index in [4.69, 9.17) is 4.74 Å². The van der Waals surface area contributed by atoms with Gasteiger partial charge in [-0.15, -0.1) is 0 Å². The summed E-state index contributed by atoms with van der Waals surface area (Å²) in [5.74, 6) is 1.15. The Bertz CT molecular complexity index is 883. The number of fused-ring (bicyclic) bond motifs is 1. The number of rotatable bonds is 4. The summed E-state index contributed by atoms with van der Waals surface area (Å²) in [4.78, 5) is 23.8. The molecule has 1 amide bonds. The Hall–Kier alpha value is -2.47. The number of nitrogens with zero attached hydrogens (tertiary/aromatic N) is 3. The van der Waals surface area contributed by atoms with E-state index in [1.54, 1.807) is 6.20 Å². The molecule has 28 heavy (non-hydrogen) atoms. The third-order valence-electron chi connectivity index (χ3n) is 5.65. The molecule has 1 aromatic carbocycles. The summed E-state index contributed by atoms with van der Waals surface area (Å²) in [6.45, 7) is 6.41. The number of aryl methyl sites for hydroxylation is 2. The SMILES string of the molecule is Cc1cnc(C)c(-c2ccc3c(c2)C[C@@H](CNC(=O)[C@@H]2CCCN(C)C2)O3)n1. The van der Waals surface area contributed by atoms with Crippen LogP contribution in [-0.4, -0.2) is 53.6 Å². The molecule has 2 aliphatic heterocycles. The second kappa shape index (κ2) is 7.87. The topological polar surface area (TPSA) is 67.4 Å². The van der Waals surface area contributed by atoms with Crippen LogP contribution in [0, 0.1) is 19.8 Å². The Morgan fingerprint density at radius 1 is 1.36 bits per heavy atom. The van der Waals surface area contributed by atoms with Crippen molar-refractivity contribution in [3.8, 4) is 17.0 Å². The van der Waals surface area contributed by atoms with Crippen LogP contribution in [0.2, 0.25) is 0 Å². The number of likely N-dealkylation sites (tertiary alicyclic amines) is 1. The number of carbonyl (C=O) groups is 1. The lowest BCUT2D eigenvalue weighted by Crippen LogP contribution is -2.44. The molecule has 1 saturated heterocycles. The third kappa shape index (κ3) is 4.02. The maximum atomic E-state index is 12.5. The fraction of sp³-hybridized carbons (Fsp3) is 0.500. The number of piperidine rings is 1. The predicted molar refractivity (Wildman–Crippen MR) is 108 cm³/mol. The normalized spacial score (nSPS) is 21.8. The van der Waals surface area contributed by atoms with E-state index in [1.165, 1.54) is 0 Å². The van der Waals surface area contributed by atoms with Gasteiger partial charge in [-0.2, -0.15) is 0 Å². The van der Waals surface area contributed by atoms with Gasteiger partial charge in [0.05, 0.1) is 29.5 Å². The fourth-order valence-electron chi connectivity index (χ4n) is 4.13. The standard InChI is InChI=1S/C22H28N4O2/c1-14-11-23-15(2)21(25-14)16-6-7-20-18(9-16)10-19(28-20)12-24-22(27)17-5-4-8-26(3)13-17/h6-7,9,11,17,19H,4-5,8,10,12-13H2,1-3H3,(H,24,27)/t17-,19+/m1/s1. The molecule has 0 spiro atoms. The van der Waals surface area contributed by atoms with E-state index in [0.717, 1.165) is 66.3 Å². The molecular weight excluding hydrogens is 352 g/mol. The van der Waals surface area contributed by atoms with Gasteiger partial charge in [-0.05, 0) is 64.0 Å². The molecule has 148 valence electrons. The van der Waals surface area contributed by atoms with Gasteiger partial charge in [0.15, 0.2) is 0 Å². The van der Waals surface area contributed by atoms with E-state index in [2.05, 4.69) is 33.3 Å². The summed E-state index contributed by atoms with van der Waals surface area (Å²) in [6, 6.07) is 6.18. The van der Waals surface area contributed by atoms with Gasteiger partial charge in [-0.1, -0.05) is 0 Å². The summed E-state index contributed by atoms with van der Waals surface area (Å²) < 4.78 is 6.05. The number of aromatic nitrogens is 2. The minimum Gasteiger partial charge on any atom is -0.488 e. The molecule has 1 fully saturated rings. The molecular formula is C22H28N4O2.